The first-order valence-electron chi connectivity index (χ1n) is 11.9. The van der Waals surface area contributed by atoms with Gasteiger partial charge in [-0.3, -0.25) is 4.90 Å². The number of H-pyrrole nitrogens is 1. The Morgan fingerprint density at radius 2 is 2.05 bits per heavy atom. The summed E-state index contributed by atoms with van der Waals surface area (Å²) in [6.45, 7) is 2.97. The molecule has 5 rings (SSSR count). The first-order chi connectivity index (χ1) is 17.7. The third-order valence-corrected chi connectivity index (χ3v) is 7.06. The molecule has 1 fully saturated rings. The molecular weight excluding hydrogens is 487 g/mol. The van der Waals surface area contributed by atoms with Gasteiger partial charge in [0.05, 0.1) is 18.7 Å². The van der Waals surface area contributed by atoms with Crippen molar-refractivity contribution in [3.8, 4) is 5.75 Å². The van der Waals surface area contributed by atoms with E-state index in [2.05, 4.69) is 20.0 Å². The lowest BCUT2D eigenvalue weighted by atomic mass is 9.88. The Labute approximate surface area is 210 Å². The number of aryl methyl sites for hydroxylation is 1. The number of carbonyl (C=O) groups is 1. The van der Waals surface area contributed by atoms with E-state index in [-0.39, 0.29) is 17.6 Å². The van der Waals surface area contributed by atoms with Crippen LogP contribution in [0.25, 0.3) is 10.9 Å². The van der Waals surface area contributed by atoms with Gasteiger partial charge in [0.25, 0.3) is 5.82 Å². The van der Waals surface area contributed by atoms with Gasteiger partial charge in [-0.1, -0.05) is 18.2 Å². The average molecular weight is 514 g/mol. The van der Waals surface area contributed by atoms with Crippen LogP contribution < -0.4 is 4.74 Å². The van der Waals surface area contributed by atoms with Crippen LogP contribution in [0.5, 0.6) is 5.75 Å². The van der Waals surface area contributed by atoms with E-state index in [1.165, 1.54) is 4.68 Å². The molecule has 0 aliphatic carbocycles. The maximum absolute atomic E-state index is 13.1. The van der Waals surface area contributed by atoms with Crippen LogP contribution in [0.15, 0.2) is 48.9 Å². The summed E-state index contributed by atoms with van der Waals surface area (Å²) < 4.78 is 46.4. The number of aromatic carboxylic acids is 1. The zero-order valence-electron chi connectivity index (χ0n) is 20.3. The Kier molecular flexibility index (Phi) is 6.40. The second-order valence-electron chi connectivity index (χ2n) is 9.24. The van der Waals surface area contributed by atoms with Gasteiger partial charge in [-0.2, -0.15) is 13.2 Å². The number of ether oxygens (including phenoxy) is 1. The number of carboxylic acid groups (broad SMARTS) is 1. The van der Waals surface area contributed by atoms with Crippen molar-refractivity contribution < 1.29 is 27.8 Å². The van der Waals surface area contributed by atoms with E-state index in [0.717, 1.165) is 34.1 Å². The molecule has 1 aliphatic heterocycles. The van der Waals surface area contributed by atoms with Gasteiger partial charge >= 0.3 is 12.1 Å². The summed E-state index contributed by atoms with van der Waals surface area (Å²) in [5.41, 5.74) is 3.76. The maximum atomic E-state index is 13.1. The molecule has 2 atom stereocenters. The minimum absolute atomic E-state index is 0.162. The van der Waals surface area contributed by atoms with Crippen molar-refractivity contribution in [3.05, 3.63) is 77.0 Å². The van der Waals surface area contributed by atoms with Crippen LogP contribution in [0.3, 0.4) is 0 Å². The SMILES string of the molecule is COc1cc(C)c2[nH]ccc2c1CN1CC[C@H](n2cnc(C(F)(F)F)n2)C[C@@H]1c1ccccc1C(=O)O. The number of alkyl halides is 3. The molecule has 37 heavy (non-hydrogen) atoms. The standard InChI is InChI=1S/C26H26F3N5O3/c1-15-11-22(37-2)20(18-7-9-30-23(15)18)13-33-10-8-16(34-14-31-25(32-34)26(27,28)29)12-21(33)17-5-3-4-6-19(17)24(35)36/h3-7,9,11,14,16,21,30H,8,10,12-13H2,1-2H3,(H,35,36)/t16-,21+/m0/s1. The van der Waals surface area contributed by atoms with Gasteiger partial charge in [0, 0.05) is 41.8 Å². The number of likely N-dealkylation sites (tertiary alicyclic amines) is 1. The summed E-state index contributed by atoms with van der Waals surface area (Å²) >= 11 is 0. The van der Waals surface area contributed by atoms with Gasteiger partial charge in [0.2, 0.25) is 0 Å². The highest BCUT2D eigenvalue weighted by Gasteiger charge is 2.38. The van der Waals surface area contributed by atoms with Crippen LogP contribution in [-0.2, 0) is 12.7 Å². The van der Waals surface area contributed by atoms with E-state index in [9.17, 15) is 23.1 Å². The number of hydrogen-bond acceptors (Lipinski definition) is 5. The summed E-state index contributed by atoms with van der Waals surface area (Å²) in [5.74, 6) is -1.52. The fourth-order valence-corrected chi connectivity index (χ4v) is 5.30. The zero-order valence-corrected chi connectivity index (χ0v) is 20.3. The average Bonchev–Trinajstić information content (AvgIpc) is 3.56. The summed E-state index contributed by atoms with van der Waals surface area (Å²) in [5, 5.41) is 14.6. The number of hydrogen-bond donors (Lipinski definition) is 2. The minimum Gasteiger partial charge on any atom is -0.496 e. The molecule has 1 aliphatic rings. The molecule has 1 saturated heterocycles. The summed E-state index contributed by atoms with van der Waals surface area (Å²) in [6, 6.07) is 9.95. The predicted octanol–water partition coefficient (Wildman–Crippen LogP) is 5.37. The fourth-order valence-electron chi connectivity index (χ4n) is 5.30. The normalized spacial score (nSPS) is 18.8. The molecular formula is C26H26F3N5O3. The first-order valence-corrected chi connectivity index (χ1v) is 11.9. The summed E-state index contributed by atoms with van der Waals surface area (Å²) in [7, 11) is 1.61. The number of rotatable bonds is 6. The lowest BCUT2D eigenvalue weighted by molar-refractivity contribution is -0.145. The molecule has 8 nitrogen and oxygen atoms in total. The lowest BCUT2D eigenvalue weighted by Gasteiger charge is -2.40. The van der Waals surface area contributed by atoms with Crippen molar-refractivity contribution in [2.24, 2.45) is 0 Å². The van der Waals surface area contributed by atoms with Crippen molar-refractivity contribution in [1.29, 1.82) is 0 Å². The number of carboxylic acids is 1. The van der Waals surface area contributed by atoms with E-state index in [4.69, 9.17) is 4.74 Å². The van der Waals surface area contributed by atoms with Gasteiger partial charge < -0.3 is 14.8 Å². The Hall–Kier alpha value is -3.86. The van der Waals surface area contributed by atoms with Crippen LogP contribution in [0.2, 0.25) is 0 Å². The number of nitrogens with zero attached hydrogens (tertiary/aromatic N) is 4. The molecule has 2 aromatic heterocycles. The van der Waals surface area contributed by atoms with Crippen molar-refractivity contribution in [1.82, 2.24) is 24.6 Å². The Morgan fingerprint density at radius 1 is 1.27 bits per heavy atom. The number of methoxy groups -OCH3 is 1. The molecule has 2 N–H and O–H groups in total. The van der Waals surface area contributed by atoms with Crippen LogP contribution in [0.4, 0.5) is 13.2 Å². The fraction of sp³-hybridized carbons (Fsp3) is 0.346. The van der Waals surface area contributed by atoms with Crippen molar-refractivity contribution >= 4 is 16.9 Å². The molecule has 11 heteroatoms. The van der Waals surface area contributed by atoms with E-state index in [1.807, 2.05) is 25.3 Å². The van der Waals surface area contributed by atoms with Gasteiger partial charge in [-0.15, -0.1) is 5.10 Å². The Balaban J connectivity index is 1.54. The molecule has 0 bridgehead atoms. The molecule has 0 amide bonds. The molecule has 0 spiro atoms. The van der Waals surface area contributed by atoms with E-state index in [0.29, 0.717) is 31.5 Å². The van der Waals surface area contributed by atoms with Crippen molar-refractivity contribution in [3.63, 3.8) is 0 Å². The quantitative estimate of drug-likeness (QED) is 0.360. The molecule has 0 saturated carbocycles. The van der Waals surface area contributed by atoms with Crippen molar-refractivity contribution in [2.75, 3.05) is 13.7 Å². The highest BCUT2D eigenvalue weighted by atomic mass is 19.4. The third-order valence-electron chi connectivity index (χ3n) is 7.06. The summed E-state index contributed by atoms with van der Waals surface area (Å²) in [6.07, 6.45) is -0.764. The highest BCUT2D eigenvalue weighted by molar-refractivity contribution is 5.90. The third kappa shape index (κ3) is 4.66. The number of halogens is 3. The van der Waals surface area contributed by atoms with E-state index in [1.54, 1.807) is 31.4 Å². The first kappa shape index (κ1) is 24.8. The van der Waals surface area contributed by atoms with Crippen LogP contribution in [0, 0.1) is 6.92 Å². The Bertz CT molecular complexity index is 1450. The number of piperidine rings is 1. The number of benzene rings is 2. The van der Waals surface area contributed by atoms with E-state index < -0.39 is 18.0 Å². The molecule has 4 aromatic rings. The summed E-state index contributed by atoms with van der Waals surface area (Å²) in [4.78, 5) is 21.0. The lowest BCUT2D eigenvalue weighted by Crippen LogP contribution is -2.38. The number of aromatic nitrogens is 4. The molecule has 194 valence electrons. The molecule has 0 radical (unpaired) electrons. The maximum Gasteiger partial charge on any atom is 0.453 e. The molecule has 0 unspecified atom stereocenters. The van der Waals surface area contributed by atoms with E-state index >= 15 is 0 Å². The predicted molar refractivity (Wildman–Crippen MR) is 129 cm³/mol. The van der Waals surface area contributed by atoms with Crippen molar-refractivity contribution in [2.45, 2.75) is 44.6 Å². The number of aromatic amines is 1. The smallest absolute Gasteiger partial charge is 0.453 e. The van der Waals surface area contributed by atoms with Gasteiger partial charge in [0.15, 0.2) is 0 Å². The number of nitrogens with one attached hydrogen (secondary N) is 1. The highest BCUT2D eigenvalue weighted by Crippen LogP contribution is 2.41. The minimum atomic E-state index is -4.63. The van der Waals surface area contributed by atoms with Crippen LogP contribution in [-0.4, -0.2) is 49.4 Å². The second-order valence-corrected chi connectivity index (χ2v) is 9.24. The number of fused-ring (bicyclic) bond motifs is 1. The molecule has 3 heterocycles. The Morgan fingerprint density at radius 3 is 2.76 bits per heavy atom. The largest absolute Gasteiger partial charge is 0.496 e. The molecule has 2 aromatic carbocycles. The van der Waals surface area contributed by atoms with Gasteiger partial charge in [0.1, 0.15) is 12.1 Å². The topological polar surface area (TPSA) is 96.3 Å². The van der Waals surface area contributed by atoms with Crippen LogP contribution in [0.1, 0.15) is 57.8 Å². The van der Waals surface area contributed by atoms with Crippen LogP contribution >= 0.6 is 0 Å². The van der Waals surface area contributed by atoms with Gasteiger partial charge in [-0.25, -0.2) is 14.5 Å². The monoisotopic (exact) mass is 513 g/mol. The zero-order chi connectivity index (χ0) is 26.3. The second kappa shape index (κ2) is 9.55. The van der Waals surface area contributed by atoms with Gasteiger partial charge in [-0.05, 0) is 49.1 Å².